The lowest BCUT2D eigenvalue weighted by molar-refractivity contribution is -0.128. The molecule has 90 valence electrons. The van der Waals surface area contributed by atoms with Crippen LogP contribution in [0.3, 0.4) is 0 Å². The molecule has 0 amide bonds. The summed E-state index contributed by atoms with van der Waals surface area (Å²) >= 11 is 1.82. The normalized spacial score (nSPS) is 12.9. The highest BCUT2D eigenvalue weighted by Crippen LogP contribution is 2.34. The van der Waals surface area contributed by atoms with Crippen molar-refractivity contribution >= 4 is 17.5 Å². The number of thioether (sulfide) groups is 1. The van der Waals surface area contributed by atoms with Crippen molar-refractivity contribution in [2.45, 2.75) is 53.9 Å². The Morgan fingerprint density at radius 2 is 1.67 bits per heavy atom. The maximum atomic E-state index is 12.0. The fraction of sp³-hybridized carbons (Fsp3) is 0.923. The molecule has 0 radical (unpaired) electrons. The number of ketones is 1. The van der Waals surface area contributed by atoms with Crippen LogP contribution in [0.1, 0.15) is 53.9 Å². The summed E-state index contributed by atoms with van der Waals surface area (Å²) in [6.45, 7) is 10.8. The monoisotopic (exact) mass is 230 g/mol. The number of Topliss-reactive ketones (excluding diaryl/α,β-unsaturated/α-hetero) is 1. The van der Waals surface area contributed by atoms with E-state index in [4.69, 9.17) is 0 Å². The third-order valence-corrected chi connectivity index (χ3v) is 3.18. The third-order valence-electron chi connectivity index (χ3n) is 2.48. The molecule has 0 heterocycles. The smallest absolute Gasteiger partial charge is 0.138 e. The summed E-state index contributed by atoms with van der Waals surface area (Å²) in [5.41, 5.74) is 0.0787. The van der Waals surface area contributed by atoms with Crippen LogP contribution in [0.15, 0.2) is 0 Å². The minimum Gasteiger partial charge on any atom is -0.299 e. The van der Waals surface area contributed by atoms with Crippen LogP contribution in [-0.4, -0.2) is 17.8 Å². The van der Waals surface area contributed by atoms with Gasteiger partial charge in [-0.2, -0.15) is 11.8 Å². The van der Waals surface area contributed by atoms with Crippen molar-refractivity contribution in [1.29, 1.82) is 0 Å². The van der Waals surface area contributed by atoms with Crippen LogP contribution in [0.2, 0.25) is 0 Å². The van der Waals surface area contributed by atoms with Crippen molar-refractivity contribution in [3.8, 4) is 0 Å². The van der Waals surface area contributed by atoms with E-state index in [1.807, 2.05) is 11.8 Å². The minimum absolute atomic E-state index is 0.156. The number of hydrogen-bond acceptors (Lipinski definition) is 2. The molecule has 0 saturated carbocycles. The van der Waals surface area contributed by atoms with Gasteiger partial charge in [0.05, 0.1) is 0 Å². The lowest BCUT2D eigenvalue weighted by atomic mass is 9.73. The van der Waals surface area contributed by atoms with Gasteiger partial charge in [-0.1, -0.05) is 34.6 Å². The fourth-order valence-electron chi connectivity index (χ4n) is 2.14. The molecular weight excluding hydrogens is 204 g/mol. The Hall–Kier alpha value is 0.0200. The summed E-state index contributed by atoms with van der Waals surface area (Å²) in [5.74, 6) is 1.52. The first-order valence-electron chi connectivity index (χ1n) is 5.71. The topological polar surface area (TPSA) is 17.1 Å². The maximum Gasteiger partial charge on any atom is 0.138 e. The zero-order valence-corrected chi connectivity index (χ0v) is 12.0. The molecule has 0 spiro atoms. The van der Waals surface area contributed by atoms with E-state index >= 15 is 0 Å². The van der Waals surface area contributed by atoms with E-state index in [1.165, 1.54) is 0 Å². The van der Waals surface area contributed by atoms with E-state index < -0.39 is 0 Å². The first-order valence-corrected chi connectivity index (χ1v) is 7.11. The predicted octanol–water partition coefficient (Wildman–Crippen LogP) is 4.16. The van der Waals surface area contributed by atoms with Gasteiger partial charge < -0.3 is 0 Å². The van der Waals surface area contributed by atoms with Crippen molar-refractivity contribution in [2.75, 3.05) is 12.0 Å². The molecule has 0 N–H and O–H groups in total. The highest BCUT2D eigenvalue weighted by Gasteiger charge is 2.31. The molecule has 0 aliphatic carbocycles. The molecule has 2 heteroatoms. The summed E-state index contributed by atoms with van der Waals surface area (Å²) in [5, 5.41) is 0. The molecule has 0 saturated heterocycles. The molecule has 0 aromatic heterocycles. The summed E-state index contributed by atoms with van der Waals surface area (Å²) in [6, 6.07) is 0. The van der Waals surface area contributed by atoms with Crippen molar-refractivity contribution in [2.24, 2.45) is 10.8 Å². The van der Waals surface area contributed by atoms with E-state index in [1.54, 1.807) is 0 Å². The Morgan fingerprint density at radius 3 is 2.07 bits per heavy atom. The quantitative estimate of drug-likeness (QED) is 0.637. The molecule has 0 unspecified atom stereocenters. The number of hydrogen-bond donors (Lipinski definition) is 0. The van der Waals surface area contributed by atoms with Gasteiger partial charge in [-0.15, -0.1) is 0 Å². The zero-order chi connectivity index (χ0) is 12.1. The highest BCUT2D eigenvalue weighted by atomic mass is 32.2. The average molecular weight is 230 g/mol. The minimum atomic E-state index is -0.156. The third kappa shape index (κ3) is 6.99. The van der Waals surface area contributed by atoms with E-state index in [0.29, 0.717) is 5.78 Å². The second-order valence-electron chi connectivity index (χ2n) is 6.14. The Morgan fingerprint density at radius 1 is 1.13 bits per heavy atom. The van der Waals surface area contributed by atoms with Gasteiger partial charge in [0, 0.05) is 11.8 Å². The van der Waals surface area contributed by atoms with Crippen molar-refractivity contribution < 1.29 is 4.79 Å². The molecule has 0 rings (SSSR count). The second kappa shape index (κ2) is 5.93. The molecule has 0 aromatic carbocycles. The number of carbonyl (C=O) groups excluding carboxylic acids is 1. The number of carbonyl (C=O) groups is 1. The maximum absolute atomic E-state index is 12.0. The Bertz CT molecular complexity index is 201. The lowest BCUT2D eigenvalue weighted by Crippen LogP contribution is -2.29. The zero-order valence-electron chi connectivity index (χ0n) is 11.1. The Balaban J connectivity index is 4.14. The molecule has 0 fully saturated rings. The van der Waals surface area contributed by atoms with Crippen LogP contribution in [-0.2, 0) is 4.79 Å². The molecular formula is C13H26OS. The van der Waals surface area contributed by atoms with E-state index in [9.17, 15) is 4.79 Å². The van der Waals surface area contributed by atoms with Gasteiger partial charge >= 0.3 is 0 Å². The average Bonchev–Trinajstić information content (AvgIpc) is 2.00. The first kappa shape index (κ1) is 15.0. The number of rotatable bonds is 6. The van der Waals surface area contributed by atoms with Gasteiger partial charge in [-0.05, 0) is 30.3 Å². The summed E-state index contributed by atoms with van der Waals surface area (Å²) in [4.78, 5) is 12.0. The van der Waals surface area contributed by atoms with Crippen LogP contribution in [0.25, 0.3) is 0 Å². The molecule has 15 heavy (non-hydrogen) atoms. The van der Waals surface area contributed by atoms with Crippen LogP contribution < -0.4 is 0 Å². The van der Waals surface area contributed by atoms with Crippen LogP contribution in [0.5, 0.6) is 0 Å². The molecule has 0 aliphatic rings. The van der Waals surface area contributed by atoms with Gasteiger partial charge in [-0.25, -0.2) is 0 Å². The second-order valence-corrected chi connectivity index (χ2v) is 7.13. The molecule has 0 atom stereocenters. The van der Waals surface area contributed by atoms with E-state index in [0.717, 1.165) is 25.0 Å². The predicted molar refractivity (Wildman–Crippen MR) is 70.5 cm³/mol. The standard InChI is InChI=1S/C13H26OS/c1-12(2,3)10-13(4,5)11(14)8-7-9-15-6/h7-10H2,1-6H3. The summed E-state index contributed by atoms with van der Waals surface area (Å²) in [6.07, 6.45) is 4.82. The SMILES string of the molecule is CSCCCC(=O)C(C)(C)CC(C)(C)C. The molecule has 0 aliphatic heterocycles. The van der Waals surface area contributed by atoms with Gasteiger partial charge in [0.25, 0.3) is 0 Å². The van der Waals surface area contributed by atoms with Crippen LogP contribution in [0, 0.1) is 10.8 Å². The molecule has 1 nitrogen and oxygen atoms in total. The van der Waals surface area contributed by atoms with Crippen LogP contribution in [0.4, 0.5) is 0 Å². The largest absolute Gasteiger partial charge is 0.299 e. The summed E-state index contributed by atoms with van der Waals surface area (Å²) < 4.78 is 0. The summed E-state index contributed by atoms with van der Waals surface area (Å²) in [7, 11) is 0. The van der Waals surface area contributed by atoms with Gasteiger partial charge in [0.15, 0.2) is 0 Å². The lowest BCUT2D eigenvalue weighted by Gasteiger charge is -2.31. The highest BCUT2D eigenvalue weighted by molar-refractivity contribution is 7.98. The van der Waals surface area contributed by atoms with E-state index in [-0.39, 0.29) is 10.8 Å². The van der Waals surface area contributed by atoms with Gasteiger partial charge in [0.1, 0.15) is 5.78 Å². The van der Waals surface area contributed by atoms with Crippen molar-refractivity contribution in [1.82, 2.24) is 0 Å². The Labute approximate surface area is 99.4 Å². The van der Waals surface area contributed by atoms with Crippen molar-refractivity contribution in [3.63, 3.8) is 0 Å². The first-order chi connectivity index (χ1) is 6.69. The van der Waals surface area contributed by atoms with E-state index in [2.05, 4.69) is 40.9 Å². The van der Waals surface area contributed by atoms with Crippen molar-refractivity contribution in [3.05, 3.63) is 0 Å². The molecule has 0 bridgehead atoms. The van der Waals surface area contributed by atoms with Gasteiger partial charge in [0.2, 0.25) is 0 Å². The van der Waals surface area contributed by atoms with Crippen LogP contribution >= 0.6 is 11.8 Å². The molecule has 0 aromatic rings. The Kier molecular flexibility index (Phi) is 5.94. The van der Waals surface area contributed by atoms with Gasteiger partial charge in [-0.3, -0.25) is 4.79 Å². The fourth-order valence-corrected chi connectivity index (χ4v) is 2.57.